The number of ether oxygens (including phenoxy) is 1. The van der Waals surface area contributed by atoms with E-state index in [0.717, 1.165) is 41.1 Å². The predicted molar refractivity (Wildman–Crippen MR) is 100 cm³/mol. The number of nitrogens with one attached hydrogen (secondary N) is 1. The summed E-state index contributed by atoms with van der Waals surface area (Å²) in [5.74, 6) is -1.20. The van der Waals surface area contributed by atoms with Crippen LogP contribution >= 0.6 is 11.3 Å². The van der Waals surface area contributed by atoms with E-state index in [-0.39, 0.29) is 5.82 Å². The van der Waals surface area contributed by atoms with Gasteiger partial charge in [-0.15, -0.1) is 16.4 Å². The Labute approximate surface area is 164 Å². The van der Waals surface area contributed by atoms with Crippen molar-refractivity contribution in [3.63, 3.8) is 0 Å². The van der Waals surface area contributed by atoms with E-state index < -0.39 is 18.5 Å². The summed E-state index contributed by atoms with van der Waals surface area (Å²) in [6.07, 6.45) is 2.81. The molecule has 28 heavy (non-hydrogen) atoms. The lowest BCUT2D eigenvalue weighted by Gasteiger charge is -2.04. The second-order valence-corrected chi connectivity index (χ2v) is 7.59. The topological polar surface area (TPSA) is 122 Å². The summed E-state index contributed by atoms with van der Waals surface area (Å²) >= 11 is 1.41. The molecule has 3 aromatic rings. The molecule has 3 heterocycles. The largest absolute Gasteiger partial charge is 0.450 e. The zero-order chi connectivity index (χ0) is 19.8. The maximum Gasteiger partial charge on any atom is 0.378 e. The number of carbonyl (C=O) groups excluding carboxylic acids is 2. The van der Waals surface area contributed by atoms with Gasteiger partial charge in [-0.2, -0.15) is 10.2 Å². The Kier molecular flexibility index (Phi) is 4.52. The van der Waals surface area contributed by atoms with Crippen molar-refractivity contribution in [1.29, 1.82) is 5.26 Å². The number of aromatic nitrogens is 4. The van der Waals surface area contributed by atoms with Gasteiger partial charge in [0.1, 0.15) is 11.1 Å². The van der Waals surface area contributed by atoms with Gasteiger partial charge in [0.25, 0.3) is 17.5 Å². The molecule has 142 valence electrons. The summed E-state index contributed by atoms with van der Waals surface area (Å²) in [6.45, 7) is 3.15. The van der Waals surface area contributed by atoms with Crippen molar-refractivity contribution in [2.75, 3.05) is 11.9 Å². The Hall–Kier alpha value is -3.32. The summed E-state index contributed by atoms with van der Waals surface area (Å²) in [5, 5.41) is 16.6. The third-order valence-electron chi connectivity index (χ3n) is 4.42. The van der Waals surface area contributed by atoms with Crippen LogP contribution in [0.4, 0.5) is 5.00 Å². The number of nitriles is 1. The van der Waals surface area contributed by atoms with Gasteiger partial charge in [0.15, 0.2) is 6.61 Å². The van der Waals surface area contributed by atoms with E-state index in [1.807, 2.05) is 19.9 Å². The number of nitrogens with zero attached hydrogens (tertiary/aromatic N) is 5. The molecule has 0 aromatic carbocycles. The van der Waals surface area contributed by atoms with E-state index in [1.54, 1.807) is 0 Å². The fourth-order valence-corrected chi connectivity index (χ4v) is 4.48. The smallest absolute Gasteiger partial charge is 0.378 e. The fraction of sp³-hybridized carbons (Fsp3) is 0.333. The predicted octanol–water partition coefficient (Wildman–Crippen LogP) is 1.96. The molecule has 0 fully saturated rings. The molecule has 4 rings (SSSR count). The number of aryl methyl sites for hydroxylation is 3. The number of hydrogen-bond acceptors (Lipinski definition) is 8. The van der Waals surface area contributed by atoms with E-state index in [0.29, 0.717) is 16.3 Å². The molecule has 0 unspecified atom stereocenters. The monoisotopic (exact) mass is 396 g/mol. The highest BCUT2D eigenvalue weighted by atomic mass is 32.1. The van der Waals surface area contributed by atoms with Crippen LogP contribution in [0.3, 0.4) is 0 Å². The zero-order valence-electron chi connectivity index (χ0n) is 15.3. The van der Waals surface area contributed by atoms with E-state index in [4.69, 9.17) is 4.74 Å². The summed E-state index contributed by atoms with van der Waals surface area (Å²) in [4.78, 5) is 33.7. The van der Waals surface area contributed by atoms with Gasteiger partial charge in [0.05, 0.1) is 5.56 Å². The first-order valence-electron chi connectivity index (χ1n) is 8.69. The molecular formula is C18H16N6O3S. The summed E-state index contributed by atoms with van der Waals surface area (Å²) in [7, 11) is 0. The molecule has 9 nitrogen and oxygen atoms in total. The van der Waals surface area contributed by atoms with Crippen LogP contribution in [-0.2, 0) is 22.4 Å². The molecule has 0 atom stereocenters. The average molecular weight is 396 g/mol. The standard InChI is InChI=1S/C18H16N6O3S/c1-9-6-10(2)24-18(20-9)22-15(23-24)17(26)27-8-14(25)21-16-12(7-19)11-4-3-5-13(11)28-16/h6H,3-5,8H2,1-2H3,(H,21,25). The van der Waals surface area contributed by atoms with Gasteiger partial charge in [-0.3, -0.25) is 4.79 Å². The third-order valence-corrected chi connectivity index (χ3v) is 5.63. The highest BCUT2D eigenvalue weighted by Crippen LogP contribution is 2.38. The van der Waals surface area contributed by atoms with Gasteiger partial charge in [-0.05, 0) is 44.7 Å². The minimum atomic E-state index is -0.813. The number of carbonyl (C=O) groups is 2. The summed E-state index contributed by atoms with van der Waals surface area (Å²) in [6, 6.07) is 3.97. The highest BCUT2D eigenvalue weighted by Gasteiger charge is 2.24. The van der Waals surface area contributed by atoms with Crippen LogP contribution in [-0.4, -0.2) is 38.1 Å². The third kappa shape index (κ3) is 3.20. The normalized spacial score (nSPS) is 12.6. The summed E-state index contributed by atoms with van der Waals surface area (Å²) < 4.78 is 6.46. The Morgan fingerprint density at radius 3 is 2.96 bits per heavy atom. The minimum Gasteiger partial charge on any atom is -0.450 e. The first-order chi connectivity index (χ1) is 13.5. The number of rotatable bonds is 4. The maximum absolute atomic E-state index is 12.2. The van der Waals surface area contributed by atoms with E-state index in [9.17, 15) is 14.9 Å². The molecule has 1 amide bonds. The lowest BCUT2D eigenvalue weighted by molar-refractivity contribution is -0.119. The first-order valence-corrected chi connectivity index (χ1v) is 9.50. The van der Waals surface area contributed by atoms with Crippen LogP contribution in [0.1, 0.15) is 44.4 Å². The van der Waals surface area contributed by atoms with Gasteiger partial charge in [-0.1, -0.05) is 0 Å². The molecule has 0 aliphatic heterocycles. The van der Waals surface area contributed by atoms with E-state index in [1.165, 1.54) is 15.9 Å². The Morgan fingerprint density at radius 1 is 1.36 bits per heavy atom. The van der Waals surface area contributed by atoms with Crippen molar-refractivity contribution in [2.45, 2.75) is 33.1 Å². The van der Waals surface area contributed by atoms with E-state index in [2.05, 4.69) is 26.5 Å². The SMILES string of the molecule is Cc1cc(C)n2nc(C(=O)OCC(=O)Nc3sc4c(c3C#N)CCC4)nc2n1. The van der Waals surface area contributed by atoms with Crippen molar-refractivity contribution in [3.8, 4) is 6.07 Å². The Bertz CT molecular complexity index is 1160. The molecule has 0 bridgehead atoms. The zero-order valence-corrected chi connectivity index (χ0v) is 16.1. The number of thiophene rings is 1. The molecule has 0 saturated carbocycles. The molecule has 0 saturated heterocycles. The van der Waals surface area contributed by atoms with Gasteiger partial charge in [-0.25, -0.2) is 14.3 Å². The lowest BCUT2D eigenvalue weighted by Crippen LogP contribution is -2.21. The fourth-order valence-electron chi connectivity index (χ4n) is 3.22. The number of fused-ring (bicyclic) bond motifs is 2. The Balaban J connectivity index is 1.42. The Morgan fingerprint density at radius 2 is 2.18 bits per heavy atom. The molecule has 1 aliphatic carbocycles. The van der Waals surface area contributed by atoms with Crippen LogP contribution in [0.25, 0.3) is 5.78 Å². The lowest BCUT2D eigenvalue weighted by atomic mass is 10.1. The first kappa shape index (κ1) is 18.1. The van der Waals surface area contributed by atoms with Crippen molar-refractivity contribution < 1.29 is 14.3 Å². The van der Waals surface area contributed by atoms with Crippen molar-refractivity contribution in [2.24, 2.45) is 0 Å². The van der Waals surface area contributed by atoms with E-state index >= 15 is 0 Å². The number of esters is 1. The van der Waals surface area contributed by atoms with Gasteiger partial charge >= 0.3 is 5.97 Å². The van der Waals surface area contributed by atoms with Crippen LogP contribution in [0.5, 0.6) is 0 Å². The van der Waals surface area contributed by atoms with Crippen molar-refractivity contribution >= 4 is 34.0 Å². The van der Waals surface area contributed by atoms with Gasteiger partial charge in [0, 0.05) is 16.3 Å². The van der Waals surface area contributed by atoms with Gasteiger partial charge < -0.3 is 10.1 Å². The number of hydrogen-bond donors (Lipinski definition) is 1. The number of anilines is 1. The minimum absolute atomic E-state index is 0.165. The van der Waals surface area contributed by atoms with Gasteiger partial charge in [0.2, 0.25) is 0 Å². The van der Waals surface area contributed by atoms with Crippen LogP contribution in [0.2, 0.25) is 0 Å². The average Bonchev–Trinajstić information content (AvgIpc) is 3.33. The quantitative estimate of drug-likeness (QED) is 0.669. The molecule has 1 aliphatic rings. The molecule has 0 spiro atoms. The second kappa shape index (κ2) is 7.01. The molecule has 3 aromatic heterocycles. The molecule has 10 heteroatoms. The van der Waals surface area contributed by atoms with Crippen LogP contribution in [0, 0.1) is 25.2 Å². The maximum atomic E-state index is 12.2. The molecule has 1 N–H and O–H groups in total. The number of amides is 1. The van der Waals surface area contributed by atoms with Crippen molar-refractivity contribution in [3.05, 3.63) is 39.3 Å². The summed E-state index contributed by atoms with van der Waals surface area (Å²) in [5.41, 5.74) is 3.07. The van der Waals surface area contributed by atoms with Crippen molar-refractivity contribution in [1.82, 2.24) is 19.6 Å². The van der Waals surface area contributed by atoms with Crippen LogP contribution in [0.15, 0.2) is 6.07 Å². The molecular weight excluding hydrogens is 380 g/mol. The van der Waals surface area contributed by atoms with Crippen LogP contribution < -0.4 is 5.32 Å². The second-order valence-electron chi connectivity index (χ2n) is 6.48. The molecule has 0 radical (unpaired) electrons. The highest BCUT2D eigenvalue weighted by molar-refractivity contribution is 7.16.